The Bertz CT molecular complexity index is 470. The van der Waals surface area contributed by atoms with Gasteiger partial charge in [0.15, 0.2) is 0 Å². The number of carbonyl (C=O) groups excluding carboxylic acids is 1. The van der Waals surface area contributed by atoms with E-state index in [1.54, 1.807) is 6.07 Å². The molecule has 3 rings (SSSR count). The van der Waals surface area contributed by atoms with E-state index in [-0.39, 0.29) is 30.2 Å². The molecule has 98 valence electrons. The van der Waals surface area contributed by atoms with Gasteiger partial charge in [-0.25, -0.2) is 4.39 Å². The summed E-state index contributed by atoms with van der Waals surface area (Å²) < 4.78 is 13.1. The smallest absolute Gasteiger partial charge is 0.251 e. The zero-order chi connectivity index (χ0) is 12.0. The fourth-order valence-corrected chi connectivity index (χ4v) is 2.70. The molecule has 2 atom stereocenters. The fraction of sp³-hybridized carbons (Fsp3) is 0.462. The van der Waals surface area contributed by atoms with Crippen molar-refractivity contribution in [3.63, 3.8) is 0 Å². The lowest BCUT2D eigenvalue weighted by Crippen LogP contribution is -2.32. The number of hydrogen-bond donors (Lipinski definition) is 2. The summed E-state index contributed by atoms with van der Waals surface area (Å²) >= 11 is 0. The molecule has 1 aliphatic carbocycles. The molecule has 2 N–H and O–H groups in total. The maximum Gasteiger partial charge on any atom is 0.251 e. The molecule has 1 heterocycles. The van der Waals surface area contributed by atoms with E-state index in [1.165, 1.54) is 12.1 Å². The molecule has 1 amide bonds. The zero-order valence-corrected chi connectivity index (χ0v) is 10.9. The van der Waals surface area contributed by atoms with Gasteiger partial charge in [0.25, 0.3) is 5.91 Å². The van der Waals surface area contributed by atoms with E-state index in [0.717, 1.165) is 18.7 Å². The van der Waals surface area contributed by atoms with Crippen LogP contribution in [0.2, 0.25) is 0 Å². The predicted octanol–water partition coefficient (Wildman–Crippen LogP) is 1.50. The van der Waals surface area contributed by atoms with E-state index in [9.17, 15) is 9.18 Å². The van der Waals surface area contributed by atoms with Gasteiger partial charge in [0.2, 0.25) is 0 Å². The average molecular weight is 271 g/mol. The van der Waals surface area contributed by atoms with Gasteiger partial charge < -0.3 is 10.6 Å². The first kappa shape index (κ1) is 13.3. The Labute approximate surface area is 112 Å². The molecule has 1 saturated carbocycles. The Morgan fingerprint density at radius 3 is 2.72 bits per heavy atom. The van der Waals surface area contributed by atoms with Crippen molar-refractivity contribution in [2.24, 2.45) is 11.8 Å². The third-order valence-electron chi connectivity index (χ3n) is 3.83. The van der Waals surface area contributed by atoms with E-state index >= 15 is 0 Å². The van der Waals surface area contributed by atoms with Crippen LogP contribution in [0.15, 0.2) is 18.2 Å². The maximum absolute atomic E-state index is 13.1. The number of piperidine rings is 1. The molecule has 5 heteroatoms. The van der Waals surface area contributed by atoms with Gasteiger partial charge in [0.1, 0.15) is 5.82 Å². The third-order valence-corrected chi connectivity index (χ3v) is 3.83. The average Bonchev–Trinajstić information content (AvgIpc) is 2.76. The second-order valence-electron chi connectivity index (χ2n) is 4.94. The van der Waals surface area contributed by atoms with Gasteiger partial charge in [-0.15, -0.1) is 12.4 Å². The molecule has 0 spiro atoms. The monoisotopic (exact) mass is 270 g/mol. The van der Waals surface area contributed by atoms with Crippen molar-refractivity contribution < 1.29 is 9.18 Å². The SMILES string of the molecule is Cc1ccc(F)cc1C(=O)NC1C2CNCC21.Cl. The lowest BCUT2D eigenvalue weighted by Gasteiger charge is -2.09. The summed E-state index contributed by atoms with van der Waals surface area (Å²) in [5.74, 6) is 0.639. The highest BCUT2D eigenvalue weighted by Gasteiger charge is 2.53. The van der Waals surface area contributed by atoms with Gasteiger partial charge in [0, 0.05) is 24.7 Å². The van der Waals surface area contributed by atoms with Crippen LogP contribution in [0.4, 0.5) is 4.39 Å². The van der Waals surface area contributed by atoms with Crippen LogP contribution in [0.5, 0.6) is 0 Å². The van der Waals surface area contributed by atoms with Crippen molar-refractivity contribution in [2.45, 2.75) is 13.0 Å². The molecule has 0 aromatic heterocycles. The van der Waals surface area contributed by atoms with Gasteiger partial charge >= 0.3 is 0 Å². The maximum atomic E-state index is 13.1. The van der Waals surface area contributed by atoms with E-state index in [4.69, 9.17) is 0 Å². The molecule has 2 aliphatic rings. The number of benzene rings is 1. The van der Waals surface area contributed by atoms with Crippen LogP contribution >= 0.6 is 12.4 Å². The van der Waals surface area contributed by atoms with Crippen molar-refractivity contribution in [3.8, 4) is 0 Å². The van der Waals surface area contributed by atoms with Crippen LogP contribution in [0.25, 0.3) is 0 Å². The summed E-state index contributed by atoms with van der Waals surface area (Å²) in [6.07, 6.45) is 0. The van der Waals surface area contributed by atoms with Gasteiger partial charge in [0.05, 0.1) is 0 Å². The largest absolute Gasteiger partial charge is 0.349 e. The number of rotatable bonds is 2. The highest BCUT2D eigenvalue weighted by atomic mass is 35.5. The van der Waals surface area contributed by atoms with E-state index in [2.05, 4.69) is 10.6 Å². The quantitative estimate of drug-likeness (QED) is 0.855. The number of halogens is 2. The van der Waals surface area contributed by atoms with Crippen LogP contribution in [0, 0.1) is 24.6 Å². The van der Waals surface area contributed by atoms with Gasteiger partial charge in [-0.3, -0.25) is 4.79 Å². The number of aryl methyl sites for hydroxylation is 1. The highest BCUT2D eigenvalue weighted by Crippen LogP contribution is 2.41. The number of carbonyl (C=O) groups is 1. The number of nitrogens with one attached hydrogen (secondary N) is 2. The number of amides is 1. The van der Waals surface area contributed by atoms with Crippen LogP contribution in [-0.2, 0) is 0 Å². The minimum atomic E-state index is -0.363. The second kappa shape index (κ2) is 4.86. The van der Waals surface area contributed by atoms with E-state index < -0.39 is 0 Å². The number of fused-ring (bicyclic) bond motifs is 1. The molecule has 1 aromatic rings. The first-order valence-corrected chi connectivity index (χ1v) is 5.94. The molecular weight excluding hydrogens is 255 g/mol. The predicted molar refractivity (Wildman–Crippen MR) is 69.5 cm³/mol. The Kier molecular flexibility index (Phi) is 3.59. The van der Waals surface area contributed by atoms with Crippen molar-refractivity contribution in [3.05, 3.63) is 35.1 Å². The molecule has 0 radical (unpaired) electrons. The van der Waals surface area contributed by atoms with Crippen molar-refractivity contribution in [2.75, 3.05) is 13.1 Å². The van der Waals surface area contributed by atoms with Crippen molar-refractivity contribution in [1.29, 1.82) is 0 Å². The van der Waals surface area contributed by atoms with Crippen molar-refractivity contribution >= 4 is 18.3 Å². The lowest BCUT2D eigenvalue weighted by molar-refractivity contribution is 0.0945. The lowest BCUT2D eigenvalue weighted by atomic mass is 10.1. The number of hydrogen-bond acceptors (Lipinski definition) is 2. The van der Waals surface area contributed by atoms with E-state index in [1.807, 2.05) is 6.92 Å². The van der Waals surface area contributed by atoms with Gasteiger partial charge in [-0.05, 0) is 36.5 Å². The van der Waals surface area contributed by atoms with Crippen LogP contribution in [0.3, 0.4) is 0 Å². The van der Waals surface area contributed by atoms with Gasteiger partial charge in [-0.1, -0.05) is 6.07 Å². The summed E-state index contributed by atoms with van der Waals surface area (Å²) in [6.45, 7) is 3.79. The second-order valence-corrected chi connectivity index (χ2v) is 4.94. The van der Waals surface area contributed by atoms with Gasteiger partial charge in [-0.2, -0.15) is 0 Å². The molecular formula is C13H16ClFN2O. The van der Waals surface area contributed by atoms with Crippen LogP contribution in [-0.4, -0.2) is 25.0 Å². The molecule has 1 aliphatic heterocycles. The molecule has 18 heavy (non-hydrogen) atoms. The fourth-order valence-electron chi connectivity index (χ4n) is 2.70. The molecule has 0 bridgehead atoms. The molecule has 2 fully saturated rings. The zero-order valence-electron chi connectivity index (χ0n) is 10.1. The summed E-state index contributed by atoms with van der Waals surface area (Å²) in [4.78, 5) is 12.0. The minimum Gasteiger partial charge on any atom is -0.349 e. The Hall–Kier alpha value is -1.13. The normalized spacial score (nSPS) is 28.2. The summed E-state index contributed by atoms with van der Waals surface area (Å²) in [5, 5.41) is 6.27. The first-order chi connectivity index (χ1) is 8.16. The molecule has 1 aromatic carbocycles. The third kappa shape index (κ3) is 2.22. The van der Waals surface area contributed by atoms with Crippen LogP contribution < -0.4 is 10.6 Å². The molecule has 1 saturated heterocycles. The Morgan fingerprint density at radius 2 is 2.06 bits per heavy atom. The molecule has 2 unspecified atom stereocenters. The first-order valence-electron chi connectivity index (χ1n) is 5.94. The van der Waals surface area contributed by atoms with Crippen molar-refractivity contribution in [1.82, 2.24) is 10.6 Å². The summed E-state index contributed by atoms with van der Waals surface area (Å²) in [6, 6.07) is 4.61. The highest BCUT2D eigenvalue weighted by molar-refractivity contribution is 5.96. The summed E-state index contributed by atoms with van der Waals surface area (Å²) in [7, 11) is 0. The summed E-state index contributed by atoms with van der Waals surface area (Å²) in [5.41, 5.74) is 1.26. The standard InChI is InChI=1S/C13H15FN2O.ClH/c1-7-2-3-8(14)4-9(7)13(17)16-12-10-5-15-6-11(10)12;/h2-4,10-12,15H,5-6H2,1H3,(H,16,17);1H. The van der Waals surface area contributed by atoms with E-state index in [0.29, 0.717) is 17.4 Å². The topological polar surface area (TPSA) is 41.1 Å². The van der Waals surface area contributed by atoms with Crippen LogP contribution in [0.1, 0.15) is 15.9 Å². The Balaban J connectivity index is 0.00000120. The molecule has 3 nitrogen and oxygen atoms in total. The Morgan fingerprint density at radius 1 is 1.39 bits per heavy atom. The minimum absolute atomic E-state index is 0.